The number of pyridine rings is 1. The number of aromatic nitrogens is 1. The van der Waals surface area contributed by atoms with Crippen LogP contribution in [0.4, 0.5) is 13.2 Å². The Labute approximate surface area is 79.7 Å². The first-order chi connectivity index (χ1) is 6.51. The first kappa shape index (κ1) is 10.8. The molecule has 0 aliphatic rings. The highest BCUT2D eigenvalue weighted by atomic mass is 19.4. The summed E-state index contributed by atoms with van der Waals surface area (Å²) in [6, 6.07) is 2.80. The third kappa shape index (κ3) is 3.64. The van der Waals surface area contributed by atoms with Crippen LogP contribution in [0, 0.1) is 0 Å². The lowest BCUT2D eigenvalue weighted by atomic mass is 10.2. The standard InChI is InChI=1S/C9H10F3NO/c1-2-14-8-4-3-7(6-13-8)5-9(10,11)12/h3-4,6H,2,5H2,1H3. The molecule has 0 saturated carbocycles. The fraction of sp³-hybridized carbons (Fsp3) is 0.444. The van der Waals surface area contributed by atoms with Crippen LogP contribution in [-0.4, -0.2) is 17.8 Å². The fourth-order valence-corrected chi connectivity index (χ4v) is 0.980. The van der Waals surface area contributed by atoms with E-state index in [4.69, 9.17) is 4.74 Å². The molecule has 0 atom stereocenters. The third-order valence-electron chi connectivity index (χ3n) is 1.49. The average Bonchev–Trinajstić information content (AvgIpc) is 2.06. The van der Waals surface area contributed by atoms with Crippen LogP contribution in [0.25, 0.3) is 0 Å². The number of alkyl halides is 3. The van der Waals surface area contributed by atoms with Crippen molar-refractivity contribution in [2.75, 3.05) is 6.61 Å². The first-order valence-electron chi connectivity index (χ1n) is 4.16. The van der Waals surface area contributed by atoms with E-state index in [0.717, 1.165) is 0 Å². The molecule has 1 rings (SSSR count). The van der Waals surface area contributed by atoms with Gasteiger partial charge >= 0.3 is 6.18 Å². The molecule has 1 aromatic rings. The zero-order chi connectivity index (χ0) is 10.6. The second-order valence-electron chi connectivity index (χ2n) is 2.73. The van der Waals surface area contributed by atoms with E-state index >= 15 is 0 Å². The summed E-state index contributed by atoms with van der Waals surface area (Å²) in [5.41, 5.74) is 0.140. The molecule has 0 aliphatic heterocycles. The molecule has 0 unspecified atom stereocenters. The number of ether oxygens (including phenoxy) is 1. The van der Waals surface area contributed by atoms with E-state index in [1.807, 2.05) is 0 Å². The summed E-state index contributed by atoms with van der Waals surface area (Å²) in [5.74, 6) is 0.346. The summed E-state index contributed by atoms with van der Waals surface area (Å²) < 4.78 is 40.8. The van der Waals surface area contributed by atoms with Gasteiger partial charge in [0.05, 0.1) is 13.0 Å². The molecule has 0 amide bonds. The molecular formula is C9H10F3NO. The van der Waals surface area contributed by atoms with Crippen molar-refractivity contribution in [3.63, 3.8) is 0 Å². The van der Waals surface area contributed by atoms with Gasteiger partial charge in [-0.25, -0.2) is 4.98 Å². The summed E-state index contributed by atoms with van der Waals surface area (Å²) >= 11 is 0. The van der Waals surface area contributed by atoms with Gasteiger partial charge in [-0.3, -0.25) is 0 Å². The Balaban J connectivity index is 2.64. The Morgan fingerprint density at radius 3 is 2.50 bits per heavy atom. The van der Waals surface area contributed by atoms with Crippen LogP contribution in [0.15, 0.2) is 18.3 Å². The summed E-state index contributed by atoms with van der Waals surface area (Å²) in [7, 11) is 0. The Morgan fingerprint density at radius 2 is 2.07 bits per heavy atom. The fourth-order valence-electron chi connectivity index (χ4n) is 0.980. The summed E-state index contributed by atoms with van der Waals surface area (Å²) in [5, 5.41) is 0. The van der Waals surface area contributed by atoms with Gasteiger partial charge in [-0.2, -0.15) is 13.2 Å². The molecule has 0 aliphatic carbocycles. The van der Waals surface area contributed by atoms with Gasteiger partial charge in [-0.1, -0.05) is 6.07 Å². The van der Waals surface area contributed by atoms with Crippen LogP contribution in [0.3, 0.4) is 0 Å². The van der Waals surface area contributed by atoms with Crippen LogP contribution in [-0.2, 0) is 6.42 Å². The van der Waals surface area contributed by atoms with Crippen molar-refractivity contribution in [1.82, 2.24) is 4.98 Å². The van der Waals surface area contributed by atoms with Crippen molar-refractivity contribution >= 4 is 0 Å². The minimum absolute atomic E-state index is 0.140. The average molecular weight is 205 g/mol. The normalized spacial score (nSPS) is 11.4. The van der Waals surface area contributed by atoms with Crippen molar-refractivity contribution in [2.45, 2.75) is 19.5 Å². The maximum absolute atomic E-state index is 11.9. The van der Waals surface area contributed by atoms with E-state index in [-0.39, 0.29) is 5.56 Å². The van der Waals surface area contributed by atoms with Crippen LogP contribution in [0.5, 0.6) is 5.88 Å². The maximum Gasteiger partial charge on any atom is 0.393 e. The molecule has 1 aromatic heterocycles. The van der Waals surface area contributed by atoms with Crippen molar-refractivity contribution in [3.05, 3.63) is 23.9 Å². The molecule has 0 radical (unpaired) electrons. The lowest BCUT2D eigenvalue weighted by Crippen LogP contribution is -2.11. The number of hydrogen-bond donors (Lipinski definition) is 0. The predicted octanol–water partition coefficient (Wildman–Crippen LogP) is 2.59. The Hall–Kier alpha value is -1.26. The van der Waals surface area contributed by atoms with Crippen molar-refractivity contribution in [2.24, 2.45) is 0 Å². The highest BCUT2D eigenvalue weighted by Crippen LogP contribution is 2.21. The van der Waals surface area contributed by atoms with E-state index in [1.165, 1.54) is 18.3 Å². The first-order valence-corrected chi connectivity index (χ1v) is 4.16. The Bertz CT molecular complexity index is 281. The number of nitrogens with zero attached hydrogens (tertiary/aromatic N) is 1. The molecule has 14 heavy (non-hydrogen) atoms. The minimum Gasteiger partial charge on any atom is -0.478 e. The lowest BCUT2D eigenvalue weighted by Gasteiger charge is -2.06. The second kappa shape index (κ2) is 4.30. The topological polar surface area (TPSA) is 22.1 Å². The third-order valence-corrected chi connectivity index (χ3v) is 1.49. The molecule has 0 fully saturated rings. The second-order valence-corrected chi connectivity index (χ2v) is 2.73. The van der Waals surface area contributed by atoms with Crippen LogP contribution in [0.2, 0.25) is 0 Å². The smallest absolute Gasteiger partial charge is 0.393 e. The van der Waals surface area contributed by atoms with Gasteiger partial charge < -0.3 is 4.74 Å². The van der Waals surface area contributed by atoms with E-state index in [2.05, 4.69) is 4.98 Å². The van der Waals surface area contributed by atoms with Gasteiger partial charge in [0, 0.05) is 12.3 Å². The molecule has 0 N–H and O–H groups in total. The maximum atomic E-state index is 11.9. The zero-order valence-corrected chi connectivity index (χ0v) is 7.64. The van der Waals surface area contributed by atoms with Crippen molar-refractivity contribution in [3.8, 4) is 5.88 Å². The lowest BCUT2D eigenvalue weighted by molar-refractivity contribution is -0.127. The monoisotopic (exact) mass is 205 g/mol. The van der Waals surface area contributed by atoms with Gasteiger partial charge in [-0.15, -0.1) is 0 Å². The van der Waals surface area contributed by atoms with E-state index < -0.39 is 12.6 Å². The minimum atomic E-state index is -4.19. The highest BCUT2D eigenvalue weighted by molar-refractivity contribution is 5.18. The predicted molar refractivity (Wildman–Crippen MR) is 45.2 cm³/mol. The summed E-state index contributed by atoms with van der Waals surface area (Å²) in [6.07, 6.45) is -3.96. The van der Waals surface area contributed by atoms with Gasteiger partial charge in [0.1, 0.15) is 0 Å². The molecule has 0 bridgehead atoms. The van der Waals surface area contributed by atoms with Crippen LogP contribution < -0.4 is 4.74 Å². The van der Waals surface area contributed by atoms with Crippen molar-refractivity contribution in [1.29, 1.82) is 0 Å². The molecule has 5 heteroatoms. The van der Waals surface area contributed by atoms with Crippen molar-refractivity contribution < 1.29 is 17.9 Å². The Morgan fingerprint density at radius 1 is 1.36 bits per heavy atom. The summed E-state index contributed by atoms with van der Waals surface area (Å²) in [6.45, 7) is 2.23. The van der Waals surface area contributed by atoms with E-state index in [1.54, 1.807) is 6.92 Å². The molecule has 2 nitrogen and oxygen atoms in total. The number of hydrogen-bond acceptors (Lipinski definition) is 2. The van der Waals surface area contributed by atoms with Gasteiger partial charge in [0.25, 0.3) is 0 Å². The number of halogens is 3. The SMILES string of the molecule is CCOc1ccc(CC(F)(F)F)cn1. The zero-order valence-electron chi connectivity index (χ0n) is 7.64. The molecule has 1 heterocycles. The van der Waals surface area contributed by atoms with E-state index in [9.17, 15) is 13.2 Å². The molecule has 78 valence electrons. The highest BCUT2D eigenvalue weighted by Gasteiger charge is 2.27. The molecular weight excluding hydrogens is 195 g/mol. The quantitative estimate of drug-likeness (QED) is 0.756. The van der Waals surface area contributed by atoms with Crippen LogP contribution in [0.1, 0.15) is 12.5 Å². The van der Waals surface area contributed by atoms with E-state index in [0.29, 0.717) is 12.5 Å². The van der Waals surface area contributed by atoms with Crippen LogP contribution >= 0.6 is 0 Å². The van der Waals surface area contributed by atoms with Gasteiger partial charge in [0.2, 0.25) is 5.88 Å². The molecule has 0 spiro atoms. The van der Waals surface area contributed by atoms with Gasteiger partial charge in [0.15, 0.2) is 0 Å². The largest absolute Gasteiger partial charge is 0.478 e. The van der Waals surface area contributed by atoms with Gasteiger partial charge in [-0.05, 0) is 12.5 Å². The summed E-state index contributed by atoms with van der Waals surface area (Å²) in [4.78, 5) is 3.73. The molecule has 0 saturated heterocycles. The Kier molecular flexibility index (Phi) is 3.33. The number of rotatable bonds is 3. The molecule has 0 aromatic carbocycles.